The third-order valence-corrected chi connectivity index (χ3v) is 5.50. The number of carbonyl (C=O) groups excluding carboxylic acids is 1. The zero-order valence-electron chi connectivity index (χ0n) is 18.9. The number of nitrogens with one attached hydrogen (secondary N) is 1. The fourth-order valence-electron chi connectivity index (χ4n) is 3.18. The molecule has 158 valence electrons. The second-order valence-electron chi connectivity index (χ2n) is 9.50. The van der Waals surface area contributed by atoms with E-state index in [0.717, 1.165) is 25.7 Å². The number of amides is 1. The smallest absolute Gasteiger partial charge is 0.251 e. The second-order valence-corrected chi connectivity index (χ2v) is 10.6. The molecule has 6 heteroatoms. The van der Waals surface area contributed by atoms with E-state index in [4.69, 9.17) is 4.98 Å². The van der Waals surface area contributed by atoms with Crippen molar-refractivity contribution >= 4 is 19.8 Å². The van der Waals surface area contributed by atoms with Gasteiger partial charge in [0.2, 0.25) is 0 Å². The van der Waals surface area contributed by atoms with Crippen molar-refractivity contribution in [3.8, 4) is 17.1 Å². The number of rotatable bonds is 4. The maximum atomic E-state index is 13.0. The lowest BCUT2D eigenvalue weighted by Gasteiger charge is -2.22. The highest BCUT2D eigenvalue weighted by Gasteiger charge is 2.23. The molecule has 0 aliphatic heterocycles. The van der Waals surface area contributed by atoms with E-state index in [1.165, 1.54) is 5.30 Å². The van der Waals surface area contributed by atoms with E-state index < -0.39 is 0 Å². The van der Waals surface area contributed by atoms with Gasteiger partial charge in [0.25, 0.3) is 5.91 Å². The minimum atomic E-state index is -0.323. The molecule has 0 fully saturated rings. The Balaban J connectivity index is 2.16. The zero-order valence-corrected chi connectivity index (χ0v) is 19.9. The molecule has 0 spiro atoms. The third-order valence-electron chi connectivity index (χ3n) is 4.59. The van der Waals surface area contributed by atoms with Crippen LogP contribution >= 0.6 is 8.58 Å². The van der Waals surface area contributed by atoms with Crippen LogP contribution in [0.2, 0.25) is 0 Å². The lowest BCUT2D eigenvalue weighted by Crippen LogP contribution is -2.40. The monoisotopic (exact) mass is 422 g/mol. The van der Waals surface area contributed by atoms with Crippen LogP contribution in [0.1, 0.15) is 57.7 Å². The molecule has 0 radical (unpaired) electrons. The van der Waals surface area contributed by atoms with Crippen LogP contribution in [0.25, 0.3) is 17.1 Å². The predicted octanol–water partition coefficient (Wildman–Crippen LogP) is 4.69. The van der Waals surface area contributed by atoms with Crippen molar-refractivity contribution in [2.24, 2.45) is 0 Å². The standard InChI is InChI=1S/C24H31N4OP/c1-23(2,3)22-25-12-13-28(22)20-15-17(21(29)27-24(4,5)6)14-19(26-20)16-8-10-18(30-7)11-9-16/h8-15,30H,1-7H3,(H,27,29). The minimum Gasteiger partial charge on any atom is -0.347 e. The van der Waals surface area contributed by atoms with Gasteiger partial charge in [-0.3, -0.25) is 9.36 Å². The summed E-state index contributed by atoms with van der Waals surface area (Å²) in [6.07, 6.45) is 3.68. The first-order valence-electron chi connectivity index (χ1n) is 10.1. The van der Waals surface area contributed by atoms with Gasteiger partial charge in [0.1, 0.15) is 11.6 Å². The molecule has 2 aromatic heterocycles. The molecule has 0 saturated carbocycles. The van der Waals surface area contributed by atoms with Crippen LogP contribution in [0.5, 0.6) is 0 Å². The van der Waals surface area contributed by atoms with Crippen molar-refractivity contribution in [2.45, 2.75) is 52.5 Å². The molecule has 3 aromatic rings. The van der Waals surface area contributed by atoms with Gasteiger partial charge in [-0.15, -0.1) is 0 Å². The van der Waals surface area contributed by atoms with Crippen molar-refractivity contribution in [2.75, 3.05) is 6.66 Å². The van der Waals surface area contributed by atoms with Gasteiger partial charge < -0.3 is 5.32 Å². The summed E-state index contributed by atoms with van der Waals surface area (Å²) < 4.78 is 1.97. The van der Waals surface area contributed by atoms with Crippen LogP contribution in [0, 0.1) is 0 Å². The van der Waals surface area contributed by atoms with Crippen molar-refractivity contribution in [1.29, 1.82) is 0 Å². The molecule has 1 N–H and O–H groups in total. The molecule has 1 amide bonds. The predicted molar refractivity (Wildman–Crippen MR) is 127 cm³/mol. The number of nitrogens with zero attached hydrogens (tertiary/aromatic N) is 3. The first-order chi connectivity index (χ1) is 14.0. The van der Waals surface area contributed by atoms with Gasteiger partial charge >= 0.3 is 0 Å². The molecule has 0 aliphatic carbocycles. The molecule has 1 unspecified atom stereocenters. The van der Waals surface area contributed by atoms with E-state index in [2.05, 4.69) is 62.0 Å². The molecular weight excluding hydrogens is 391 g/mol. The molecule has 3 rings (SSSR count). The topological polar surface area (TPSA) is 59.8 Å². The molecule has 1 atom stereocenters. The van der Waals surface area contributed by atoms with E-state index in [-0.39, 0.29) is 16.9 Å². The van der Waals surface area contributed by atoms with Gasteiger partial charge in [-0.05, 0) is 44.9 Å². The van der Waals surface area contributed by atoms with Gasteiger partial charge in [0, 0.05) is 34.5 Å². The fraction of sp³-hybridized carbons (Fsp3) is 0.375. The molecule has 0 bridgehead atoms. The second kappa shape index (κ2) is 8.31. The van der Waals surface area contributed by atoms with Crippen LogP contribution in [-0.2, 0) is 5.41 Å². The summed E-state index contributed by atoms with van der Waals surface area (Å²) in [6, 6.07) is 12.1. The lowest BCUT2D eigenvalue weighted by atomic mass is 9.95. The number of aromatic nitrogens is 3. The summed E-state index contributed by atoms with van der Waals surface area (Å²) in [5.41, 5.74) is 1.86. The Morgan fingerprint density at radius 2 is 1.70 bits per heavy atom. The summed E-state index contributed by atoms with van der Waals surface area (Å²) in [4.78, 5) is 22.4. The highest BCUT2D eigenvalue weighted by Crippen LogP contribution is 2.26. The lowest BCUT2D eigenvalue weighted by molar-refractivity contribution is 0.0919. The SMILES string of the molecule is CPc1ccc(-c2cc(C(=O)NC(C)(C)C)cc(-n3ccnc3C(C)(C)C)n2)cc1. The molecule has 1 aromatic carbocycles. The first-order valence-corrected chi connectivity index (χ1v) is 11.6. The average molecular weight is 423 g/mol. The molecule has 0 saturated heterocycles. The number of pyridine rings is 1. The fourth-order valence-corrected chi connectivity index (χ4v) is 3.68. The van der Waals surface area contributed by atoms with Gasteiger partial charge in [-0.1, -0.05) is 53.6 Å². The van der Waals surface area contributed by atoms with Crippen LogP contribution in [-0.4, -0.2) is 32.6 Å². The van der Waals surface area contributed by atoms with Crippen molar-refractivity contribution in [1.82, 2.24) is 19.9 Å². The van der Waals surface area contributed by atoms with E-state index in [0.29, 0.717) is 11.4 Å². The molecular formula is C24H31N4OP. The first kappa shape index (κ1) is 22.2. The largest absolute Gasteiger partial charge is 0.347 e. The summed E-state index contributed by atoms with van der Waals surface area (Å²) in [7, 11) is 0.745. The third kappa shape index (κ3) is 5.14. The van der Waals surface area contributed by atoms with E-state index in [9.17, 15) is 4.79 Å². The maximum Gasteiger partial charge on any atom is 0.251 e. The molecule has 0 aliphatic rings. The Hall–Kier alpha value is -2.52. The number of hydrogen-bond acceptors (Lipinski definition) is 3. The Morgan fingerprint density at radius 1 is 1.03 bits per heavy atom. The average Bonchev–Trinajstić information content (AvgIpc) is 3.17. The molecule has 5 nitrogen and oxygen atoms in total. The summed E-state index contributed by atoms with van der Waals surface area (Å²) >= 11 is 0. The van der Waals surface area contributed by atoms with Gasteiger partial charge in [-0.2, -0.15) is 0 Å². The highest BCUT2D eigenvalue weighted by molar-refractivity contribution is 7.46. The Labute approximate surface area is 181 Å². The maximum absolute atomic E-state index is 13.0. The van der Waals surface area contributed by atoms with Crippen LogP contribution in [0.3, 0.4) is 0 Å². The number of imidazole rings is 1. The van der Waals surface area contributed by atoms with Gasteiger partial charge in [0.15, 0.2) is 0 Å². The van der Waals surface area contributed by atoms with Crippen molar-refractivity contribution < 1.29 is 4.79 Å². The normalized spacial score (nSPS) is 12.5. The van der Waals surface area contributed by atoms with E-state index in [1.807, 2.05) is 43.7 Å². The van der Waals surface area contributed by atoms with Gasteiger partial charge in [0.05, 0.1) is 5.69 Å². The zero-order chi connectivity index (χ0) is 22.1. The van der Waals surface area contributed by atoms with Crippen molar-refractivity contribution in [3.63, 3.8) is 0 Å². The summed E-state index contributed by atoms with van der Waals surface area (Å²) in [5, 5.41) is 4.36. The number of benzene rings is 1. The summed E-state index contributed by atoms with van der Waals surface area (Å²) in [6.45, 7) is 14.5. The Kier molecular flexibility index (Phi) is 6.14. The molecule has 2 heterocycles. The van der Waals surface area contributed by atoms with Crippen molar-refractivity contribution in [3.05, 3.63) is 60.2 Å². The number of hydrogen-bond donors (Lipinski definition) is 1. The minimum absolute atomic E-state index is 0.114. The Bertz CT molecular complexity index is 1040. The van der Waals surface area contributed by atoms with Crippen LogP contribution in [0.4, 0.5) is 0 Å². The number of carbonyl (C=O) groups is 1. The van der Waals surface area contributed by atoms with Crippen LogP contribution < -0.4 is 10.6 Å². The van der Waals surface area contributed by atoms with Gasteiger partial charge in [-0.25, -0.2) is 9.97 Å². The van der Waals surface area contributed by atoms with E-state index in [1.54, 1.807) is 6.20 Å². The highest BCUT2D eigenvalue weighted by atomic mass is 31.1. The van der Waals surface area contributed by atoms with Crippen LogP contribution in [0.15, 0.2) is 48.8 Å². The summed E-state index contributed by atoms with van der Waals surface area (Å²) in [5.74, 6) is 1.48. The Morgan fingerprint density at radius 3 is 2.27 bits per heavy atom. The quantitative estimate of drug-likeness (QED) is 0.621. The van der Waals surface area contributed by atoms with E-state index >= 15 is 0 Å². The molecule has 30 heavy (non-hydrogen) atoms.